The molecule has 0 aliphatic heterocycles. The lowest BCUT2D eigenvalue weighted by molar-refractivity contribution is 0.146. The van der Waals surface area contributed by atoms with Crippen molar-refractivity contribution in [2.75, 3.05) is 7.11 Å². The number of aliphatic hydroxyl groups excluding tert-OH is 1. The summed E-state index contributed by atoms with van der Waals surface area (Å²) in [6, 6.07) is 0.230. The van der Waals surface area contributed by atoms with E-state index in [1.807, 2.05) is 4.68 Å². The maximum Gasteiger partial charge on any atom is 0.162 e. The molecule has 0 fully saturated rings. The number of rotatable bonds is 9. The summed E-state index contributed by atoms with van der Waals surface area (Å²) in [5.74, 6) is 0.690. The SMILES string of the molecule is CCCCCCCC(O)c1c(OC)cnn1C(C)C. The topological polar surface area (TPSA) is 47.3 Å². The lowest BCUT2D eigenvalue weighted by atomic mass is 10.1. The van der Waals surface area contributed by atoms with Crippen LogP contribution in [-0.4, -0.2) is 22.0 Å². The van der Waals surface area contributed by atoms with Gasteiger partial charge in [0.1, 0.15) is 5.69 Å². The van der Waals surface area contributed by atoms with E-state index in [-0.39, 0.29) is 6.04 Å². The Bertz CT molecular complexity index is 361. The summed E-state index contributed by atoms with van der Waals surface area (Å²) in [6.45, 7) is 6.33. The van der Waals surface area contributed by atoms with E-state index >= 15 is 0 Å². The molecule has 4 heteroatoms. The van der Waals surface area contributed by atoms with Crippen LogP contribution in [-0.2, 0) is 0 Å². The molecule has 0 saturated carbocycles. The summed E-state index contributed by atoms with van der Waals surface area (Å²) in [7, 11) is 1.62. The van der Waals surface area contributed by atoms with Gasteiger partial charge in [-0.2, -0.15) is 5.10 Å². The monoisotopic (exact) mass is 268 g/mol. The van der Waals surface area contributed by atoms with Crippen molar-refractivity contribution in [2.24, 2.45) is 0 Å². The third-order valence-electron chi connectivity index (χ3n) is 3.40. The number of unbranched alkanes of at least 4 members (excludes halogenated alkanes) is 4. The van der Waals surface area contributed by atoms with Gasteiger partial charge in [0.2, 0.25) is 0 Å². The van der Waals surface area contributed by atoms with Gasteiger partial charge in [0.25, 0.3) is 0 Å². The fraction of sp³-hybridized carbons (Fsp3) is 0.800. The van der Waals surface area contributed by atoms with Crippen LogP contribution in [0, 0.1) is 0 Å². The van der Waals surface area contributed by atoms with Gasteiger partial charge in [0.05, 0.1) is 19.4 Å². The highest BCUT2D eigenvalue weighted by Gasteiger charge is 2.20. The average Bonchev–Trinajstić information content (AvgIpc) is 2.82. The van der Waals surface area contributed by atoms with Gasteiger partial charge in [0, 0.05) is 6.04 Å². The second-order valence-corrected chi connectivity index (χ2v) is 5.36. The Morgan fingerprint density at radius 1 is 1.26 bits per heavy atom. The molecule has 1 atom stereocenters. The first-order valence-electron chi connectivity index (χ1n) is 7.41. The molecule has 19 heavy (non-hydrogen) atoms. The van der Waals surface area contributed by atoms with Crippen LogP contribution in [0.4, 0.5) is 0 Å². The second-order valence-electron chi connectivity index (χ2n) is 5.36. The maximum absolute atomic E-state index is 10.4. The molecule has 0 saturated heterocycles. The highest BCUT2D eigenvalue weighted by Crippen LogP contribution is 2.30. The van der Waals surface area contributed by atoms with Crippen molar-refractivity contribution < 1.29 is 9.84 Å². The molecule has 0 amide bonds. The molecule has 1 aromatic heterocycles. The van der Waals surface area contributed by atoms with E-state index in [9.17, 15) is 5.11 Å². The van der Waals surface area contributed by atoms with Gasteiger partial charge in [-0.1, -0.05) is 39.0 Å². The minimum absolute atomic E-state index is 0.230. The first kappa shape index (κ1) is 16.0. The third-order valence-corrected chi connectivity index (χ3v) is 3.40. The average molecular weight is 268 g/mol. The Morgan fingerprint density at radius 2 is 1.95 bits per heavy atom. The largest absolute Gasteiger partial charge is 0.493 e. The number of hydrogen-bond acceptors (Lipinski definition) is 3. The molecule has 1 heterocycles. The van der Waals surface area contributed by atoms with Crippen LogP contribution in [0.25, 0.3) is 0 Å². The summed E-state index contributed by atoms with van der Waals surface area (Å²) in [5, 5.41) is 14.7. The zero-order valence-electron chi connectivity index (χ0n) is 12.7. The summed E-state index contributed by atoms with van der Waals surface area (Å²) in [4.78, 5) is 0. The van der Waals surface area contributed by atoms with Gasteiger partial charge in [-0.25, -0.2) is 0 Å². The van der Waals surface area contributed by atoms with Crippen molar-refractivity contribution >= 4 is 0 Å². The van der Waals surface area contributed by atoms with Crippen molar-refractivity contribution in [3.63, 3.8) is 0 Å². The lowest BCUT2D eigenvalue weighted by Crippen LogP contribution is -2.12. The van der Waals surface area contributed by atoms with E-state index in [0.29, 0.717) is 5.75 Å². The summed E-state index contributed by atoms with van der Waals surface area (Å²) >= 11 is 0. The molecule has 0 aromatic carbocycles. The van der Waals surface area contributed by atoms with Gasteiger partial charge < -0.3 is 9.84 Å². The number of ether oxygens (including phenoxy) is 1. The van der Waals surface area contributed by atoms with Crippen LogP contribution in [0.5, 0.6) is 5.75 Å². The number of methoxy groups -OCH3 is 1. The summed E-state index contributed by atoms with van der Waals surface area (Å²) < 4.78 is 7.16. The molecule has 110 valence electrons. The van der Waals surface area contributed by atoms with Crippen LogP contribution < -0.4 is 4.74 Å². The Balaban J connectivity index is 2.59. The van der Waals surface area contributed by atoms with Gasteiger partial charge in [-0.05, 0) is 20.3 Å². The molecule has 0 radical (unpaired) electrons. The van der Waals surface area contributed by atoms with E-state index in [1.54, 1.807) is 13.3 Å². The Hall–Kier alpha value is -1.03. The number of nitrogens with zero attached hydrogens (tertiary/aromatic N) is 2. The van der Waals surface area contributed by atoms with Crippen LogP contribution in [0.1, 0.15) is 77.1 Å². The summed E-state index contributed by atoms with van der Waals surface area (Å²) in [5.41, 5.74) is 0.813. The molecule has 0 aliphatic carbocycles. The molecule has 1 rings (SSSR count). The van der Waals surface area contributed by atoms with Crippen molar-refractivity contribution in [1.29, 1.82) is 0 Å². The van der Waals surface area contributed by atoms with E-state index in [2.05, 4.69) is 25.9 Å². The standard InChI is InChI=1S/C15H28N2O2/c1-5-6-7-8-9-10-13(18)15-14(19-4)11-16-17(15)12(2)3/h11-13,18H,5-10H2,1-4H3. The van der Waals surface area contributed by atoms with Crippen LogP contribution >= 0.6 is 0 Å². The predicted octanol–water partition coefficient (Wildman–Crippen LogP) is 3.87. The molecule has 0 bridgehead atoms. The fourth-order valence-electron chi connectivity index (χ4n) is 2.32. The molecule has 0 aliphatic rings. The van der Waals surface area contributed by atoms with Gasteiger partial charge in [-0.15, -0.1) is 0 Å². The molecule has 4 nitrogen and oxygen atoms in total. The Kier molecular flexibility index (Phi) is 6.92. The smallest absolute Gasteiger partial charge is 0.162 e. The second kappa shape index (κ2) is 8.20. The van der Waals surface area contributed by atoms with Crippen molar-refractivity contribution in [2.45, 2.75) is 71.4 Å². The van der Waals surface area contributed by atoms with Crippen molar-refractivity contribution in [3.05, 3.63) is 11.9 Å². The normalized spacial score (nSPS) is 12.9. The zero-order chi connectivity index (χ0) is 14.3. The third kappa shape index (κ3) is 4.53. The summed E-state index contributed by atoms with van der Waals surface area (Å²) in [6.07, 6.45) is 8.00. The first-order chi connectivity index (χ1) is 9.11. The van der Waals surface area contributed by atoms with Crippen LogP contribution in [0.3, 0.4) is 0 Å². The number of aliphatic hydroxyl groups is 1. The van der Waals surface area contributed by atoms with Crippen molar-refractivity contribution in [1.82, 2.24) is 9.78 Å². The Labute approximate surface area is 116 Å². The van der Waals surface area contributed by atoms with Gasteiger partial charge >= 0.3 is 0 Å². The molecular weight excluding hydrogens is 240 g/mol. The number of aromatic nitrogens is 2. The minimum atomic E-state index is -0.485. The first-order valence-corrected chi connectivity index (χ1v) is 7.41. The molecule has 1 unspecified atom stereocenters. The fourth-order valence-corrected chi connectivity index (χ4v) is 2.32. The van der Waals surface area contributed by atoms with Crippen LogP contribution in [0.2, 0.25) is 0 Å². The number of hydrogen-bond donors (Lipinski definition) is 1. The molecule has 1 aromatic rings. The molecule has 0 spiro atoms. The highest BCUT2D eigenvalue weighted by atomic mass is 16.5. The lowest BCUT2D eigenvalue weighted by Gasteiger charge is -2.17. The molecular formula is C15H28N2O2. The zero-order valence-corrected chi connectivity index (χ0v) is 12.7. The van der Waals surface area contributed by atoms with Crippen molar-refractivity contribution in [3.8, 4) is 5.75 Å². The van der Waals surface area contributed by atoms with Gasteiger partial charge in [0.15, 0.2) is 5.75 Å². The van der Waals surface area contributed by atoms with E-state index < -0.39 is 6.10 Å². The van der Waals surface area contributed by atoms with E-state index in [0.717, 1.165) is 18.5 Å². The van der Waals surface area contributed by atoms with Crippen LogP contribution in [0.15, 0.2) is 6.20 Å². The van der Waals surface area contributed by atoms with E-state index in [1.165, 1.54) is 25.7 Å². The quantitative estimate of drug-likeness (QED) is 0.692. The van der Waals surface area contributed by atoms with E-state index in [4.69, 9.17) is 4.74 Å². The van der Waals surface area contributed by atoms with Gasteiger partial charge in [-0.3, -0.25) is 4.68 Å². The molecule has 1 N–H and O–H groups in total. The minimum Gasteiger partial charge on any atom is -0.493 e. The maximum atomic E-state index is 10.4. The predicted molar refractivity (Wildman–Crippen MR) is 77.5 cm³/mol. The Morgan fingerprint density at radius 3 is 2.53 bits per heavy atom. The highest BCUT2D eigenvalue weighted by molar-refractivity contribution is 5.27.